The van der Waals surface area contributed by atoms with Gasteiger partial charge in [-0.15, -0.1) is 0 Å². The molecule has 2 atom stereocenters. The highest BCUT2D eigenvalue weighted by Gasteiger charge is 2.30. The second kappa shape index (κ2) is 9.65. The highest BCUT2D eigenvalue weighted by molar-refractivity contribution is 5.98. The lowest BCUT2D eigenvalue weighted by molar-refractivity contribution is -0.137. The van der Waals surface area contributed by atoms with Crippen molar-refractivity contribution in [3.63, 3.8) is 0 Å². The van der Waals surface area contributed by atoms with Crippen molar-refractivity contribution in [2.45, 2.75) is 24.7 Å². The SMILES string of the molecule is O=C(NC(Cc1ccc(C(F)(F)F)cc1)C(O)c1ccc(F)cc1)c1ccc2ccccc2c1. The van der Waals surface area contributed by atoms with E-state index >= 15 is 0 Å². The zero-order valence-corrected chi connectivity index (χ0v) is 17.9. The summed E-state index contributed by atoms with van der Waals surface area (Å²) < 4.78 is 52.1. The van der Waals surface area contributed by atoms with Crippen molar-refractivity contribution in [3.8, 4) is 0 Å². The third kappa shape index (κ3) is 5.43. The molecule has 0 bridgehead atoms. The number of aliphatic hydroxyl groups excluding tert-OH is 1. The Bertz CT molecular complexity index is 1280. The van der Waals surface area contributed by atoms with E-state index in [0.717, 1.165) is 22.9 Å². The Morgan fingerprint density at radius 3 is 2.15 bits per heavy atom. The molecule has 4 rings (SSSR count). The van der Waals surface area contributed by atoms with E-state index in [0.29, 0.717) is 16.7 Å². The van der Waals surface area contributed by atoms with Crippen LogP contribution < -0.4 is 5.32 Å². The summed E-state index contributed by atoms with van der Waals surface area (Å²) in [4.78, 5) is 13.0. The molecule has 4 aromatic carbocycles. The van der Waals surface area contributed by atoms with Gasteiger partial charge in [-0.2, -0.15) is 13.2 Å². The van der Waals surface area contributed by atoms with Crippen molar-refractivity contribution >= 4 is 16.7 Å². The number of benzene rings is 4. The van der Waals surface area contributed by atoms with Gasteiger partial charge in [0.2, 0.25) is 0 Å². The van der Waals surface area contributed by atoms with E-state index in [4.69, 9.17) is 0 Å². The fourth-order valence-electron chi connectivity index (χ4n) is 3.80. The third-order valence-electron chi connectivity index (χ3n) is 5.66. The first-order chi connectivity index (χ1) is 16.2. The van der Waals surface area contributed by atoms with Crippen LogP contribution in [0.2, 0.25) is 0 Å². The van der Waals surface area contributed by atoms with Crippen LogP contribution in [0.15, 0.2) is 91.0 Å². The number of aliphatic hydroxyl groups is 1. The quantitative estimate of drug-likeness (QED) is 0.338. The summed E-state index contributed by atoms with van der Waals surface area (Å²) in [6.45, 7) is 0. The molecule has 0 aromatic heterocycles. The summed E-state index contributed by atoms with van der Waals surface area (Å²) in [5.74, 6) is -0.917. The Kier molecular flexibility index (Phi) is 6.65. The van der Waals surface area contributed by atoms with Gasteiger partial charge in [-0.1, -0.05) is 54.6 Å². The standard InChI is InChI=1S/C27H21F4NO2/c28-23-13-9-19(10-14-23)25(33)24(15-17-5-11-22(12-6-17)27(29,30)31)32-26(34)21-8-7-18-3-1-2-4-20(18)16-21/h1-14,16,24-25,33H,15H2,(H,32,34). The Labute approximate surface area is 193 Å². The van der Waals surface area contributed by atoms with Gasteiger partial charge in [-0.3, -0.25) is 4.79 Å². The van der Waals surface area contributed by atoms with E-state index in [2.05, 4.69) is 5.32 Å². The molecule has 0 fully saturated rings. The molecule has 174 valence electrons. The monoisotopic (exact) mass is 467 g/mol. The van der Waals surface area contributed by atoms with Gasteiger partial charge in [0, 0.05) is 5.56 Å². The third-order valence-corrected chi connectivity index (χ3v) is 5.66. The van der Waals surface area contributed by atoms with Crippen molar-refractivity contribution in [1.82, 2.24) is 5.32 Å². The zero-order valence-electron chi connectivity index (χ0n) is 17.9. The Balaban J connectivity index is 1.60. The molecule has 0 heterocycles. The fourth-order valence-corrected chi connectivity index (χ4v) is 3.80. The highest BCUT2D eigenvalue weighted by atomic mass is 19.4. The largest absolute Gasteiger partial charge is 0.416 e. The molecule has 0 aliphatic carbocycles. The van der Waals surface area contributed by atoms with Gasteiger partial charge < -0.3 is 10.4 Å². The molecular formula is C27H21F4NO2. The molecule has 3 nitrogen and oxygen atoms in total. The summed E-state index contributed by atoms with van der Waals surface area (Å²) in [5, 5.41) is 15.6. The number of rotatable bonds is 6. The summed E-state index contributed by atoms with van der Waals surface area (Å²) in [6.07, 6.45) is -5.61. The maximum Gasteiger partial charge on any atom is 0.416 e. The molecule has 4 aromatic rings. The Hall–Kier alpha value is -3.71. The smallest absolute Gasteiger partial charge is 0.386 e. The molecule has 0 spiro atoms. The minimum absolute atomic E-state index is 0.0655. The topological polar surface area (TPSA) is 49.3 Å². The van der Waals surface area contributed by atoms with Crippen LogP contribution in [0.3, 0.4) is 0 Å². The maximum absolute atomic E-state index is 13.3. The summed E-state index contributed by atoms with van der Waals surface area (Å²) in [7, 11) is 0. The van der Waals surface area contributed by atoms with Crippen LogP contribution in [0.1, 0.15) is 33.2 Å². The molecule has 1 amide bonds. The van der Waals surface area contributed by atoms with Crippen molar-refractivity contribution in [2.24, 2.45) is 0 Å². The van der Waals surface area contributed by atoms with Gasteiger partial charge in [0.05, 0.1) is 17.7 Å². The molecular weight excluding hydrogens is 446 g/mol. The second-order valence-electron chi connectivity index (χ2n) is 8.04. The van der Waals surface area contributed by atoms with Gasteiger partial charge >= 0.3 is 6.18 Å². The van der Waals surface area contributed by atoms with E-state index in [-0.39, 0.29) is 6.42 Å². The first kappa shape index (κ1) is 23.4. The zero-order chi connectivity index (χ0) is 24.3. The lowest BCUT2D eigenvalue weighted by Crippen LogP contribution is -2.41. The summed E-state index contributed by atoms with van der Waals surface area (Å²) in [6, 6.07) is 21.6. The van der Waals surface area contributed by atoms with Crippen LogP contribution in [0.25, 0.3) is 10.8 Å². The van der Waals surface area contributed by atoms with E-state index in [1.807, 2.05) is 30.3 Å². The number of alkyl halides is 3. The van der Waals surface area contributed by atoms with E-state index in [9.17, 15) is 27.5 Å². The first-order valence-corrected chi connectivity index (χ1v) is 10.6. The number of carbonyl (C=O) groups is 1. The van der Waals surface area contributed by atoms with Crippen LogP contribution in [0, 0.1) is 5.82 Å². The van der Waals surface area contributed by atoms with Crippen LogP contribution in [0.4, 0.5) is 17.6 Å². The second-order valence-corrected chi connectivity index (χ2v) is 8.04. The van der Waals surface area contributed by atoms with Crippen LogP contribution in [0.5, 0.6) is 0 Å². The van der Waals surface area contributed by atoms with Gasteiger partial charge in [-0.05, 0) is 64.7 Å². The predicted molar refractivity (Wildman–Crippen MR) is 122 cm³/mol. The van der Waals surface area contributed by atoms with Crippen molar-refractivity contribution in [1.29, 1.82) is 0 Å². The van der Waals surface area contributed by atoms with Crippen molar-refractivity contribution in [3.05, 3.63) is 119 Å². The minimum atomic E-state index is -4.46. The van der Waals surface area contributed by atoms with E-state index in [1.165, 1.54) is 36.4 Å². The number of nitrogens with one attached hydrogen (secondary N) is 1. The van der Waals surface area contributed by atoms with Crippen LogP contribution in [-0.2, 0) is 12.6 Å². The molecule has 34 heavy (non-hydrogen) atoms. The normalized spacial score (nSPS) is 13.4. The van der Waals surface area contributed by atoms with Gasteiger partial charge in [0.15, 0.2) is 0 Å². The maximum atomic E-state index is 13.3. The number of hydrogen-bond donors (Lipinski definition) is 2. The predicted octanol–water partition coefficient (Wildman–Crippen LogP) is 6.07. The molecule has 2 N–H and O–H groups in total. The lowest BCUT2D eigenvalue weighted by Gasteiger charge is -2.25. The van der Waals surface area contributed by atoms with E-state index < -0.39 is 35.6 Å². The number of amides is 1. The van der Waals surface area contributed by atoms with Crippen molar-refractivity contribution in [2.75, 3.05) is 0 Å². The number of hydrogen-bond acceptors (Lipinski definition) is 2. The number of halogens is 4. The molecule has 0 saturated heterocycles. The molecule has 2 unspecified atom stereocenters. The highest BCUT2D eigenvalue weighted by Crippen LogP contribution is 2.30. The van der Waals surface area contributed by atoms with Gasteiger partial charge in [-0.25, -0.2) is 4.39 Å². The average molecular weight is 467 g/mol. The van der Waals surface area contributed by atoms with Gasteiger partial charge in [0.25, 0.3) is 5.91 Å². The Morgan fingerprint density at radius 1 is 0.853 bits per heavy atom. The summed E-state index contributed by atoms with van der Waals surface area (Å²) in [5.41, 5.74) is 0.463. The molecule has 7 heteroatoms. The number of carbonyl (C=O) groups excluding carboxylic acids is 1. The molecule has 0 aliphatic heterocycles. The lowest BCUT2D eigenvalue weighted by atomic mass is 9.95. The average Bonchev–Trinajstić information content (AvgIpc) is 2.83. The first-order valence-electron chi connectivity index (χ1n) is 10.6. The molecule has 0 aliphatic rings. The van der Waals surface area contributed by atoms with Crippen LogP contribution >= 0.6 is 0 Å². The minimum Gasteiger partial charge on any atom is -0.386 e. The molecule has 0 saturated carbocycles. The van der Waals surface area contributed by atoms with E-state index in [1.54, 1.807) is 12.1 Å². The van der Waals surface area contributed by atoms with Crippen molar-refractivity contribution < 1.29 is 27.5 Å². The van der Waals surface area contributed by atoms with Crippen LogP contribution in [-0.4, -0.2) is 17.1 Å². The Morgan fingerprint density at radius 2 is 1.50 bits per heavy atom. The number of fused-ring (bicyclic) bond motifs is 1. The summed E-state index contributed by atoms with van der Waals surface area (Å²) >= 11 is 0. The van der Waals surface area contributed by atoms with Gasteiger partial charge in [0.1, 0.15) is 5.82 Å². The molecule has 0 radical (unpaired) electrons. The fraction of sp³-hybridized carbons (Fsp3) is 0.148.